The summed E-state index contributed by atoms with van der Waals surface area (Å²) in [5.74, 6) is -0.0121. The first-order chi connectivity index (χ1) is 7.54. The highest BCUT2D eigenvalue weighted by molar-refractivity contribution is 5.81. The van der Waals surface area contributed by atoms with Gasteiger partial charge in [0.25, 0.3) is 5.69 Å². The lowest BCUT2D eigenvalue weighted by Gasteiger charge is -2.02. The molecule has 0 aliphatic carbocycles. The number of pyridine rings is 1. The van der Waals surface area contributed by atoms with Crippen LogP contribution in [0.2, 0.25) is 0 Å². The van der Waals surface area contributed by atoms with E-state index in [4.69, 9.17) is 0 Å². The minimum Gasteiger partial charge on any atom is -0.299 e. The van der Waals surface area contributed by atoms with Gasteiger partial charge in [-0.2, -0.15) is 0 Å². The smallest absolute Gasteiger partial charge is 0.291 e. The number of aryl methyl sites for hydroxylation is 1. The highest BCUT2D eigenvalue weighted by Crippen LogP contribution is 2.18. The monoisotopic (exact) mass is 222 g/mol. The van der Waals surface area contributed by atoms with Crippen molar-refractivity contribution in [3.05, 3.63) is 33.6 Å². The van der Waals surface area contributed by atoms with Crippen LogP contribution in [-0.2, 0) is 11.2 Å². The van der Waals surface area contributed by atoms with Gasteiger partial charge in [-0.3, -0.25) is 19.9 Å². The lowest BCUT2D eigenvalue weighted by molar-refractivity contribution is -0.385. The van der Waals surface area contributed by atoms with Crippen molar-refractivity contribution >= 4 is 11.5 Å². The van der Waals surface area contributed by atoms with Gasteiger partial charge in [-0.25, -0.2) is 0 Å². The van der Waals surface area contributed by atoms with E-state index in [1.54, 1.807) is 13.1 Å². The zero-order valence-corrected chi connectivity index (χ0v) is 9.40. The SMILES string of the molecule is CCCC(=O)Cc1ncc(C)cc1[N+](=O)[O-]. The second kappa shape index (κ2) is 5.34. The van der Waals surface area contributed by atoms with E-state index in [1.807, 2.05) is 6.92 Å². The van der Waals surface area contributed by atoms with Crippen LogP contribution in [0.25, 0.3) is 0 Å². The van der Waals surface area contributed by atoms with Crippen LogP contribution in [0.5, 0.6) is 0 Å². The van der Waals surface area contributed by atoms with Crippen molar-refractivity contribution in [2.24, 2.45) is 0 Å². The van der Waals surface area contributed by atoms with E-state index in [2.05, 4.69) is 4.98 Å². The second-order valence-electron chi connectivity index (χ2n) is 3.70. The molecule has 0 N–H and O–H groups in total. The fourth-order valence-electron chi connectivity index (χ4n) is 1.43. The van der Waals surface area contributed by atoms with Gasteiger partial charge in [-0.15, -0.1) is 0 Å². The summed E-state index contributed by atoms with van der Waals surface area (Å²) >= 11 is 0. The van der Waals surface area contributed by atoms with E-state index in [0.29, 0.717) is 6.42 Å². The fourth-order valence-corrected chi connectivity index (χ4v) is 1.43. The number of carbonyl (C=O) groups is 1. The predicted molar refractivity (Wildman–Crippen MR) is 59.2 cm³/mol. The molecule has 0 amide bonds. The third kappa shape index (κ3) is 3.12. The molecule has 1 rings (SSSR count). The van der Waals surface area contributed by atoms with Crippen molar-refractivity contribution in [1.82, 2.24) is 4.98 Å². The summed E-state index contributed by atoms with van der Waals surface area (Å²) in [5.41, 5.74) is 0.914. The lowest BCUT2D eigenvalue weighted by Crippen LogP contribution is -2.07. The zero-order chi connectivity index (χ0) is 12.1. The van der Waals surface area contributed by atoms with Crippen molar-refractivity contribution in [3.8, 4) is 0 Å². The normalized spacial score (nSPS) is 10.1. The highest BCUT2D eigenvalue weighted by atomic mass is 16.6. The third-order valence-corrected chi connectivity index (χ3v) is 2.17. The van der Waals surface area contributed by atoms with Crippen molar-refractivity contribution < 1.29 is 9.72 Å². The molecule has 0 unspecified atom stereocenters. The number of rotatable bonds is 5. The molecule has 0 saturated heterocycles. The first kappa shape index (κ1) is 12.3. The lowest BCUT2D eigenvalue weighted by atomic mass is 10.1. The number of nitrogens with zero attached hydrogens (tertiary/aromatic N) is 2. The number of hydrogen-bond donors (Lipinski definition) is 0. The van der Waals surface area contributed by atoms with E-state index in [0.717, 1.165) is 12.0 Å². The molecular formula is C11H14N2O3. The van der Waals surface area contributed by atoms with Crippen LogP contribution in [0, 0.1) is 17.0 Å². The zero-order valence-electron chi connectivity index (χ0n) is 9.40. The maximum atomic E-state index is 11.4. The quantitative estimate of drug-likeness (QED) is 0.565. The fraction of sp³-hybridized carbons (Fsp3) is 0.455. The molecule has 0 atom stereocenters. The first-order valence-corrected chi connectivity index (χ1v) is 5.16. The number of ketones is 1. The summed E-state index contributed by atoms with van der Waals surface area (Å²) < 4.78 is 0. The molecule has 5 heteroatoms. The van der Waals surface area contributed by atoms with Crippen molar-refractivity contribution in [2.75, 3.05) is 0 Å². The number of carbonyl (C=O) groups excluding carboxylic acids is 1. The van der Waals surface area contributed by atoms with Gasteiger partial charge in [0, 0.05) is 18.7 Å². The average molecular weight is 222 g/mol. The Morgan fingerprint density at radius 2 is 2.25 bits per heavy atom. The van der Waals surface area contributed by atoms with Gasteiger partial charge < -0.3 is 0 Å². The van der Waals surface area contributed by atoms with Gasteiger partial charge in [-0.05, 0) is 18.9 Å². The second-order valence-corrected chi connectivity index (χ2v) is 3.70. The van der Waals surface area contributed by atoms with E-state index < -0.39 is 4.92 Å². The van der Waals surface area contributed by atoms with Crippen LogP contribution < -0.4 is 0 Å². The summed E-state index contributed by atoms with van der Waals surface area (Å²) in [6.07, 6.45) is 2.77. The van der Waals surface area contributed by atoms with Gasteiger partial charge in [-0.1, -0.05) is 6.92 Å². The maximum absolute atomic E-state index is 11.4. The Balaban J connectivity index is 2.95. The molecule has 0 aliphatic rings. The van der Waals surface area contributed by atoms with Crippen LogP contribution in [0.1, 0.15) is 31.0 Å². The summed E-state index contributed by atoms with van der Waals surface area (Å²) in [4.78, 5) is 25.6. The van der Waals surface area contributed by atoms with Crippen molar-refractivity contribution in [3.63, 3.8) is 0 Å². The highest BCUT2D eigenvalue weighted by Gasteiger charge is 2.17. The number of nitro groups is 1. The van der Waals surface area contributed by atoms with Gasteiger partial charge in [0.15, 0.2) is 0 Å². The molecule has 5 nitrogen and oxygen atoms in total. The molecule has 0 aliphatic heterocycles. The van der Waals surface area contributed by atoms with Gasteiger partial charge in [0.05, 0.1) is 11.3 Å². The molecule has 1 aromatic heterocycles. The van der Waals surface area contributed by atoms with Crippen LogP contribution in [0.3, 0.4) is 0 Å². The molecule has 0 bridgehead atoms. The number of hydrogen-bond acceptors (Lipinski definition) is 4. The summed E-state index contributed by atoms with van der Waals surface area (Å²) in [7, 11) is 0. The van der Waals surface area contributed by atoms with Crippen molar-refractivity contribution in [2.45, 2.75) is 33.1 Å². The predicted octanol–water partition coefficient (Wildman–Crippen LogP) is 2.21. The van der Waals surface area contributed by atoms with E-state index in [1.165, 1.54) is 6.07 Å². The topological polar surface area (TPSA) is 73.1 Å². The number of aromatic nitrogens is 1. The molecule has 0 saturated carbocycles. The Morgan fingerprint density at radius 3 is 2.81 bits per heavy atom. The van der Waals surface area contributed by atoms with E-state index >= 15 is 0 Å². The summed E-state index contributed by atoms with van der Waals surface area (Å²) in [6, 6.07) is 1.45. The van der Waals surface area contributed by atoms with Gasteiger partial charge in [0.1, 0.15) is 11.5 Å². The van der Waals surface area contributed by atoms with Crippen LogP contribution in [0.15, 0.2) is 12.3 Å². The van der Waals surface area contributed by atoms with E-state index in [9.17, 15) is 14.9 Å². The number of Topliss-reactive ketones (excluding diaryl/α,β-unsaturated/α-hetero) is 1. The van der Waals surface area contributed by atoms with E-state index in [-0.39, 0.29) is 23.6 Å². The Hall–Kier alpha value is -1.78. The summed E-state index contributed by atoms with van der Waals surface area (Å²) in [6.45, 7) is 3.63. The van der Waals surface area contributed by atoms with Gasteiger partial charge in [0.2, 0.25) is 0 Å². The molecule has 1 aromatic rings. The molecule has 0 spiro atoms. The Labute approximate surface area is 93.7 Å². The Kier molecular flexibility index (Phi) is 4.10. The van der Waals surface area contributed by atoms with Crippen molar-refractivity contribution in [1.29, 1.82) is 0 Å². The molecule has 16 heavy (non-hydrogen) atoms. The summed E-state index contributed by atoms with van der Waals surface area (Å²) in [5, 5.41) is 10.8. The van der Waals surface area contributed by atoms with Gasteiger partial charge >= 0.3 is 0 Å². The first-order valence-electron chi connectivity index (χ1n) is 5.16. The standard InChI is InChI=1S/C11H14N2O3/c1-3-4-9(14)6-10-11(13(15)16)5-8(2)7-12-10/h5,7H,3-4,6H2,1-2H3. The Bertz CT molecular complexity index is 416. The molecule has 0 fully saturated rings. The van der Waals surface area contributed by atoms with Crippen LogP contribution in [0.4, 0.5) is 5.69 Å². The molecule has 0 aromatic carbocycles. The minimum absolute atomic E-state index is 0.0121. The molecule has 86 valence electrons. The largest absolute Gasteiger partial charge is 0.299 e. The van der Waals surface area contributed by atoms with Crippen LogP contribution in [-0.4, -0.2) is 15.7 Å². The maximum Gasteiger partial charge on any atom is 0.291 e. The molecule has 0 radical (unpaired) electrons. The third-order valence-electron chi connectivity index (χ3n) is 2.17. The molecular weight excluding hydrogens is 208 g/mol. The van der Waals surface area contributed by atoms with Crippen LogP contribution >= 0.6 is 0 Å². The minimum atomic E-state index is -0.492. The molecule has 1 heterocycles. The Morgan fingerprint density at radius 1 is 1.56 bits per heavy atom. The average Bonchev–Trinajstić information content (AvgIpc) is 2.20.